The van der Waals surface area contributed by atoms with E-state index in [1.807, 2.05) is 18.7 Å². The van der Waals surface area contributed by atoms with Crippen molar-refractivity contribution >= 4 is 11.9 Å². The summed E-state index contributed by atoms with van der Waals surface area (Å²) in [6.07, 6.45) is 3.65. The van der Waals surface area contributed by atoms with E-state index in [-0.39, 0.29) is 12.5 Å². The van der Waals surface area contributed by atoms with E-state index >= 15 is 0 Å². The number of carbonyl (C=O) groups is 1. The Morgan fingerprint density at radius 1 is 1.32 bits per heavy atom. The lowest BCUT2D eigenvalue weighted by Crippen LogP contribution is -2.33. The number of hydrogen-bond acceptors (Lipinski definition) is 5. The second-order valence-corrected chi connectivity index (χ2v) is 4.80. The summed E-state index contributed by atoms with van der Waals surface area (Å²) in [5, 5.41) is 17.3. The molecule has 104 valence electrons. The third-order valence-electron chi connectivity index (χ3n) is 3.54. The Morgan fingerprint density at radius 2 is 2.05 bits per heavy atom. The molecule has 1 fully saturated rings. The smallest absolute Gasteiger partial charge is 0.305 e. The summed E-state index contributed by atoms with van der Waals surface area (Å²) in [5.74, 6) is -0.191. The Bertz CT molecular complexity index is 464. The molecule has 6 nitrogen and oxygen atoms in total. The molecule has 0 amide bonds. The summed E-state index contributed by atoms with van der Waals surface area (Å²) >= 11 is 0. The van der Waals surface area contributed by atoms with Gasteiger partial charge in [-0.05, 0) is 25.7 Å². The minimum absolute atomic E-state index is 0.00326. The van der Waals surface area contributed by atoms with Gasteiger partial charge in [0.05, 0.1) is 17.8 Å². The maximum atomic E-state index is 10.9. The highest BCUT2D eigenvalue weighted by atomic mass is 16.4. The lowest BCUT2D eigenvalue weighted by atomic mass is 10.1. The predicted octanol–water partition coefficient (Wildman–Crippen LogP) is 1.44. The minimum atomic E-state index is -0.772. The summed E-state index contributed by atoms with van der Waals surface area (Å²) in [5.41, 5.74) is 1.90. The molecule has 1 aromatic rings. The van der Waals surface area contributed by atoms with Crippen molar-refractivity contribution in [3.63, 3.8) is 0 Å². The minimum Gasteiger partial charge on any atom is -0.481 e. The first-order chi connectivity index (χ1) is 9.15. The third kappa shape index (κ3) is 3.00. The van der Waals surface area contributed by atoms with Gasteiger partial charge in [-0.1, -0.05) is 13.8 Å². The number of carboxylic acids is 1. The second-order valence-electron chi connectivity index (χ2n) is 4.80. The lowest BCUT2D eigenvalue weighted by Gasteiger charge is -2.23. The summed E-state index contributed by atoms with van der Waals surface area (Å²) in [4.78, 5) is 17.4. The van der Waals surface area contributed by atoms with Crippen molar-refractivity contribution in [2.24, 2.45) is 0 Å². The molecule has 19 heavy (non-hydrogen) atoms. The van der Waals surface area contributed by atoms with Gasteiger partial charge in [-0.15, -0.1) is 5.10 Å². The molecule has 1 aliphatic rings. The average molecular weight is 264 g/mol. The van der Waals surface area contributed by atoms with E-state index in [0.29, 0.717) is 5.95 Å². The van der Waals surface area contributed by atoms with Crippen molar-refractivity contribution in [2.45, 2.75) is 52.0 Å². The van der Waals surface area contributed by atoms with Crippen LogP contribution < -0.4 is 4.90 Å². The molecule has 0 spiro atoms. The maximum absolute atomic E-state index is 10.9. The van der Waals surface area contributed by atoms with E-state index in [4.69, 9.17) is 5.11 Å². The molecule has 2 rings (SSSR count). The molecule has 1 aliphatic heterocycles. The largest absolute Gasteiger partial charge is 0.481 e. The van der Waals surface area contributed by atoms with Crippen LogP contribution in [0.2, 0.25) is 0 Å². The van der Waals surface area contributed by atoms with Crippen LogP contribution in [0.25, 0.3) is 0 Å². The Kier molecular flexibility index (Phi) is 4.29. The van der Waals surface area contributed by atoms with Crippen LogP contribution in [0.15, 0.2) is 0 Å². The fourth-order valence-electron chi connectivity index (χ4n) is 2.56. The van der Waals surface area contributed by atoms with E-state index in [1.165, 1.54) is 0 Å². The molecule has 0 saturated carbocycles. The molecule has 1 unspecified atom stereocenters. The van der Waals surface area contributed by atoms with Crippen LogP contribution >= 0.6 is 0 Å². The van der Waals surface area contributed by atoms with Crippen molar-refractivity contribution in [3.8, 4) is 0 Å². The SMILES string of the molecule is CCc1nnc(N2CCCC2CC(=O)O)nc1CC. The lowest BCUT2D eigenvalue weighted by molar-refractivity contribution is -0.137. The van der Waals surface area contributed by atoms with E-state index in [0.717, 1.165) is 43.6 Å². The number of hydrogen-bond donors (Lipinski definition) is 1. The topological polar surface area (TPSA) is 79.2 Å². The zero-order valence-electron chi connectivity index (χ0n) is 11.5. The molecule has 6 heteroatoms. The van der Waals surface area contributed by atoms with Crippen LogP contribution in [-0.2, 0) is 17.6 Å². The highest BCUT2D eigenvalue weighted by molar-refractivity contribution is 5.68. The van der Waals surface area contributed by atoms with Crippen molar-refractivity contribution in [2.75, 3.05) is 11.4 Å². The highest BCUT2D eigenvalue weighted by Crippen LogP contribution is 2.24. The van der Waals surface area contributed by atoms with Crippen LogP contribution in [0.5, 0.6) is 0 Å². The molecule has 0 radical (unpaired) electrons. The Hall–Kier alpha value is -1.72. The number of rotatable bonds is 5. The first kappa shape index (κ1) is 13.7. The van der Waals surface area contributed by atoms with Gasteiger partial charge in [0, 0.05) is 12.6 Å². The average Bonchev–Trinajstić information content (AvgIpc) is 2.85. The third-order valence-corrected chi connectivity index (χ3v) is 3.54. The zero-order valence-corrected chi connectivity index (χ0v) is 11.5. The van der Waals surface area contributed by atoms with Crippen molar-refractivity contribution in [1.82, 2.24) is 15.2 Å². The van der Waals surface area contributed by atoms with Gasteiger partial charge < -0.3 is 10.0 Å². The summed E-state index contributed by atoms with van der Waals surface area (Å²) in [7, 11) is 0. The molecule has 1 aromatic heterocycles. The second kappa shape index (κ2) is 5.95. The molecular formula is C13H20N4O2. The fraction of sp³-hybridized carbons (Fsp3) is 0.692. The number of carboxylic acid groups (broad SMARTS) is 1. The van der Waals surface area contributed by atoms with E-state index in [2.05, 4.69) is 15.2 Å². The van der Waals surface area contributed by atoms with E-state index < -0.39 is 5.97 Å². The molecule has 0 aromatic carbocycles. The molecule has 0 aliphatic carbocycles. The number of aromatic nitrogens is 3. The van der Waals surface area contributed by atoms with Gasteiger partial charge in [0.15, 0.2) is 0 Å². The normalized spacial score (nSPS) is 18.8. The standard InChI is InChI=1S/C13H20N4O2/c1-3-10-11(4-2)15-16-13(14-10)17-7-5-6-9(17)8-12(18)19/h9H,3-8H2,1-2H3,(H,18,19). The van der Waals surface area contributed by atoms with Gasteiger partial charge in [0.25, 0.3) is 0 Å². The molecule has 1 atom stereocenters. The number of aryl methyl sites for hydroxylation is 2. The number of anilines is 1. The van der Waals surface area contributed by atoms with Crippen LogP contribution in [0.3, 0.4) is 0 Å². The summed E-state index contributed by atoms with van der Waals surface area (Å²) < 4.78 is 0. The van der Waals surface area contributed by atoms with Crippen LogP contribution in [0.4, 0.5) is 5.95 Å². The quantitative estimate of drug-likeness (QED) is 0.867. The van der Waals surface area contributed by atoms with Crippen molar-refractivity contribution < 1.29 is 9.90 Å². The number of aliphatic carboxylic acids is 1. The first-order valence-corrected chi connectivity index (χ1v) is 6.86. The van der Waals surface area contributed by atoms with Crippen molar-refractivity contribution in [1.29, 1.82) is 0 Å². The fourth-order valence-corrected chi connectivity index (χ4v) is 2.56. The summed E-state index contributed by atoms with van der Waals surface area (Å²) in [6.45, 7) is 4.90. The zero-order chi connectivity index (χ0) is 13.8. The van der Waals surface area contributed by atoms with Gasteiger partial charge in [0.2, 0.25) is 5.95 Å². The number of nitrogens with zero attached hydrogens (tertiary/aromatic N) is 4. The monoisotopic (exact) mass is 264 g/mol. The maximum Gasteiger partial charge on any atom is 0.305 e. The van der Waals surface area contributed by atoms with Crippen LogP contribution in [0, 0.1) is 0 Å². The van der Waals surface area contributed by atoms with Gasteiger partial charge in [-0.2, -0.15) is 5.10 Å². The molecule has 1 N–H and O–H groups in total. The van der Waals surface area contributed by atoms with Gasteiger partial charge in [-0.25, -0.2) is 4.98 Å². The molecule has 0 bridgehead atoms. The Morgan fingerprint density at radius 3 is 2.68 bits per heavy atom. The molecular weight excluding hydrogens is 244 g/mol. The van der Waals surface area contributed by atoms with Gasteiger partial charge >= 0.3 is 5.97 Å². The Balaban J connectivity index is 2.23. The van der Waals surface area contributed by atoms with E-state index in [1.54, 1.807) is 0 Å². The molecule has 2 heterocycles. The molecule has 1 saturated heterocycles. The highest BCUT2D eigenvalue weighted by Gasteiger charge is 2.29. The van der Waals surface area contributed by atoms with Gasteiger partial charge in [0.1, 0.15) is 0 Å². The summed E-state index contributed by atoms with van der Waals surface area (Å²) in [6, 6.07) is -0.00326. The van der Waals surface area contributed by atoms with E-state index in [9.17, 15) is 4.79 Å². The Labute approximate surface area is 112 Å². The first-order valence-electron chi connectivity index (χ1n) is 6.86. The van der Waals surface area contributed by atoms with Crippen molar-refractivity contribution in [3.05, 3.63) is 11.4 Å². The van der Waals surface area contributed by atoms with Crippen LogP contribution in [0.1, 0.15) is 44.5 Å². The van der Waals surface area contributed by atoms with Crippen LogP contribution in [-0.4, -0.2) is 38.8 Å². The van der Waals surface area contributed by atoms with Gasteiger partial charge in [-0.3, -0.25) is 4.79 Å². The predicted molar refractivity (Wildman–Crippen MR) is 71.2 cm³/mol.